The van der Waals surface area contributed by atoms with E-state index in [9.17, 15) is 0 Å². The fraction of sp³-hybridized carbons (Fsp3) is 0.706. The van der Waals surface area contributed by atoms with Crippen LogP contribution in [0.2, 0.25) is 0 Å². The zero-order valence-electron chi connectivity index (χ0n) is 13.9. The third kappa shape index (κ3) is 3.95. The maximum absolute atomic E-state index is 4.81. The van der Waals surface area contributed by atoms with Crippen molar-refractivity contribution in [2.45, 2.75) is 60.0 Å². The van der Waals surface area contributed by atoms with E-state index in [0.717, 1.165) is 31.1 Å². The highest BCUT2D eigenvalue weighted by molar-refractivity contribution is 5.43. The first-order valence-corrected chi connectivity index (χ1v) is 7.63. The Kier molecular flexibility index (Phi) is 4.10. The molecular weight excluding hydrogens is 246 g/mol. The van der Waals surface area contributed by atoms with Crippen LogP contribution in [0.1, 0.15) is 52.3 Å². The lowest BCUT2D eigenvalue weighted by Crippen LogP contribution is -2.35. The first kappa shape index (κ1) is 15.3. The molecule has 20 heavy (non-hydrogen) atoms. The molecule has 2 rings (SSSR count). The average Bonchev–Trinajstić information content (AvgIpc) is 2.67. The minimum atomic E-state index is 0.143. The van der Waals surface area contributed by atoms with E-state index in [1.54, 1.807) is 0 Å². The van der Waals surface area contributed by atoms with Crippen molar-refractivity contribution in [1.82, 2.24) is 10.3 Å². The van der Waals surface area contributed by atoms with Crippen LogP contribution < -0.4 is 10.2 Å². The SMILES string of the molecule is Cc1nc(N2CCC(C)(C)C2)ccc1CNC(C)(C)C. The second-order valence-electron chi connectivity index (χ2n) is 7.85. The number of rotatable bonds is 3. The highest BCUT2D eigenvalue weighted by Crippen LogP contribution is 2.31. The largest absolute Gasteiger partial charge is 0.356 e. The fourth-order valence-corrected chi connectivity index (χ4v) is 2.61. The molecule has 2 heterocycles. The Hall–Kier alpha value is -1.09. The molecule has 0 aliphatic carbocycles. The third-order valence-electron chi connectivity index (χ3n) is 3.99. The van der Waals surface area contributed by atoms with Crippen molar-refractivity contribution in [3.8, 4) is 0 Å². The number of hydrogen-bond donors (Lipinski definition) is 1. The van der Waals surface area contributed by atoms with E-state index in [1.165, 1.54) is 12.0 Å². The molecule has 1 aromatic rings. The van der Waals surface area contributed by atoms with Crippen LogP contribution in [0.4, 0.5) is 5.82 Å². The summed E-state index contributed by atoms with van der Waals surface area (Å²) in [7, 11) is 0. The summed E-state index contributed by atoms with van der Waals surface area (Å²) in [5.74, 6) is 1.13. The van der Waals surface area contributed by atoms with Crippen molar-refractivity contribution < 1.29 is 0 Å². The topological polar surface area (TPSA) is 28.2 Å². The number of aryl methyl sites for hydroxylation is 1. The fourth-order valence-electron chi connectivity index (χ4n) is 2.61. The van der Waals surface area contributed by atoms with Crippen molar-refractivity contribution in [2.75, 3.05) is 18.0 Å². The number of hydrogen-bond acceptors (Lipinski definition) is 3. The number of nitrogens with one attached hydrogen (secondary N) is 1. The van der Waals surface area contributed by atoms with E-state index in [4.69, 9.17) is 4.98 Å². The van der Waals surface area contributed by atoms with Gasteiger partial charge in [0.1, 0.15) is 5.82 Å². The summed E-state index contributed by atoms with van der Waals surface area (Å²) in [5, 5.41) is 3.53. The minimum Gasteiger partial charge on any atom is -0.356 e. The van der Waals surface area contributed by atoms with Gasteiger partial charge in [0.15, 0.2) is 0 Å². The molecule has 0 saturated carbocycles. The van der Waals surface area contributed by atoms with Crippen molar-refractivity contribution in [2.24, 2.45) is 5.41 Å². The Morgan fingerprint density at radius 3 is 2.50 bits per heavy atom. The van der Waals surface area contributed by atoms with Gasteiger partial charge in [-0.15, -0.1) is 0 Å². The van der Waals surface area contributed by atoms with Gasteiger partial charge in [0.05, 0.1) is 0 Å². The van der Waals surface area contributed by atoms with Crippen LogP contribution in [0.25, 0.3) is 0 Å². The molecule has 112 valence electrons. The van der Waals surface area contributed by atoms with Crippen LogP contribution in [-0.2, 0) is 6.54 Å². The van der Waals surface area contributed by atoms with Crippen molar-refractivity contribution in [3.63, 3.8) is 0 Å². The van der Waals surface area contributed by atoms with Crippen LogP contribution in [0.5, 0.6) is 0 Å². The van der Waals surface area contributed by atoms with E-state index in [2.05, 4.69) is 63.9 Å². The van der Waals surface area contributed by atoms with Gasteiger partial charge in [-0.3, -0.25) is 0 Å². The van der Waals surface area contributed by atoms with E-state index in [0.29, 0.717) is 5.41 Å². The molecule has 1 fully saturated rings. The van der Waals surface area contributed by atoms with Gasteiger partial charge >= 0.3 is 0 Å². The first-order valence-electron chi connectivity index (χ1n) is 7.63. The van der Waals surface area contributed by atoms with Crippen LogP contribution in [0.15, 0.2) is 12.1 Å². The molecule has 0 atom stereocenters. The average molecular weight is 275 g/mol. The number of anilines is 1. The van der Waals surface area contributed by atoms with Crippen LogP contribution in [0.3, 0.4) is 0 Å². The van der Waals surface area contributed by atoms with Crippen LogP contribution in [-0.4, -0.2) is 23.6 Å². The Bertz CT molecular complexity index is 472. The second-order valence-corrected chi connectivity index (χ2v) is 7.85. The molecule has 1 aliphatic heterocycles. The summed E-state index contributed by atoms with van der Waals surface area (Å²) in [4.78, 5) is 7.22. The monoisotopic (exact) mass is 275 g/mol. The summed E-state index contributed by atoms with van der Waals surface area (Å²) in [6.45, 7) is 16.5. The van der Waals surface area contributed by atoms with Crippen LogP contribution >= 0.6 is 0 Å². The van der Waals surface area contributed by atoms with Gasteiger partial charge in [0.25, 0.3) is 0 Å². The molecule has 0 unspecified atom stereocenters. The van der Waals surface area contributed by atoms with Crippen molar-refractivity contribution in [3.05, 3.63) is 23.4 Å². The lowest BCUT2D eigenvalue weighted by molar-refractivity contribution is 0.418. The van der Waals surface area contributed by atoms with E-state index in [-0.39, 0.29) is 5.54 Å². The molecule has 1 saturated heterocycles. The Morgan fingerprint density at radius 2 is 2.00 bits per heavy atom. The highest BCUT2D eigenvalue weighted by Gasteiger charge is 2.29. The summed E-state index contributed by atoms with van der Waals surface area (Å²) < 4.78 is 0. The number of pyridine rings is 1. The Balaban J connectivity index is 2.06. The predicted molar refractivity (Wildman–Crippen MR) is 86.2 cm³/mol. The molecule has 1 N–H and O–H groups in total. The summed E-state index contributed by atoms with van der Waals surface area (Å²) in [6.07, 6.45) is 1.25. The van der Waals surface area contributed by atoms with Gasteiger partial charge in [0, 0.05) is 30.9 Å². The van der Waals surface area contributed by atoms with Gasteiger partial charge in [-0.2, -0.15) is 0 Å². The molecule has 0 radical (unpaired) electrons. The molecule has 0 aromatic carbocycles. The molecule has 1 aromatic heterocycles. The number of aromatic nitrogens is 1. The van der Waals surface area contributed by atoms with Gasteiger partial charge in [-0.1, -0.05) is 19.9 Å². The summed E-state index contributed by atoms with van der Waals surface area (Å²) in [5.41, 5.74) is 3.00. The quantitative estimate of drug-likeness (QED) is 0.915. The third-order valence-corrected chi connectivity index (χ3v) is 3.99. The first-order chi connectivity index (χ1) is 9.16. The molecule has 0 spiro atoms. The Labute approximate surface area is 123 Å². The lowest BCUT2D eigenvalue weighted by Gasteiger charge is -2.23. The second kappa shape index (κ2) is 5.36. The van der Waals surface area contributed by atoms with E-state index >= 15 is 0 Å². The molecular formula is C17H29N3. The molecule has 3 heteroatoms. The Morgan fingerprint density at radius 1 is 1.30 bits per heavy atom. The standard InChI is InChI=1S/C17H29N3/c1-13-14(11-18-16(2,3)4)7-8-15(19-13)20-10-9-17(5,6)12-20/h7-8,18H,9-12H2,1-6H3. The number of nitrogens with zero attached hydrogens (tertiary/aromatic N) is 2. The zero-order chi connectivity index (χ0) is 15.0. The normalized spacial score (nSPS) is 18.6. The molecule has 0 bridgehead atoms. The van der Waals surface area contributed by atoms with Gasteiger partial charge in [0.2, 0.25) is 0 Å². The maximum atomic E-state index is 4.81. The zero-order valence-corrected chi connectivity index (χ0v) is 13.9. The lowest BCUT2D eigenvalue weighted by atomic mass is 9.93. The van der Waals surface area contributed by atoms with Crippen LogP contribution in [0, 0.1) is 12.3 Å². The minimum absolute atomic E-state index is 0.143. The van der Waals surface area contributed by atoms with Crippen molar-refractivity contribution in [1.29, 1.82) is 0 Å². The van der Waals surface area contributed by atoms with Gasteiger partial charge in [-0.05, 0) is 51.2 Å². The van der Waals surface area contributed by atoms with E-state index in [1.807, 2.05) is 0 Å². The van der Waals surface area contributed by atoms with Gasteiger partial charge < -0.3 is 10.2 Å². The highest BCUT2D eigenvalue weighted by atomic mass is 15.2. The smallest absolute Gasteiger partial charge is 0.128 e. The van der Waals surface area contributed by atoms with E-state index < -0.39 is 0 Å². The summed E-state index contributed by atoms with van der Waals surface area (Å²) in [6, 6.07) is 4.40. The molecule has 0 amide bonds. The summed E-state index contributed by atoms with van der Waals surface area (Å²) >= 11 is 0. The molecule has 1 aliphatic rings. The van der Waals surface area contributed by atoms with Crippen molar-refractivity contribution >= 4 is 5.82 Å². The predicted octanol–water partition coefficient (Wildman–Crippen LogP) is 3.51. The van der Waals surface area contributed by atoms with Gasteiger partial charge in [-0.25, -0.2) is 4.98 Å². The maximum Gasteiger partial charge on any atom is 0.128 e. The molecule has 3 nitrogen and oxygen atoms in total.